The molecular formula is C49H29NO. The van der Waals surface area contributed by atoms with Crippen LogP contribution in [0.15, 0.2) is 180 Å². The predicted octanol–water partition coefficient (Wildman–Crippen LogP) is 13.6. The second-order valence-electron chi connectivity index (χ2n) is 13.1. The highest BCUT2D eigenvalue weighted by Crippen LogP contribution is 2.50. The molecule has 0 fully saturated rings. The van der Waals surface area contributed by atoms with E-state index in [1.165, 1.54) is 10.8 Å². The molecule has 0 aliphatic rings. The maximum atomic E-state index is 10.9. The number of benzene rings is 9. The third-order valence-corrected chi connectivity index (χ3v) is 10.3. The van der Waals surface area contributed by atoms with Gasteiger partial charge in [-0.3, -0.25) is 0 Å². The van der Waals surface area contributed by atoms with Gasteiger partial charge in [0.05, 0.1) is 11.6 Å². The van der Waals surface area contributed by atoms with Gasteiger partial charge in [0.15, 0.2) is 0 Å². The van der Waals surface area contributed by atoms with Crippen molar-refractivity contribution in [3.8, 4) is 50.6 Å². The number of rotatable bonds is 4. The summed E-state index contributed by atoms with van der Waals surface area (Å²) < 4.78 is 6.78. The average molecular weight is 648 g/mol. The average Bonchev–Trinajstić information content (AvgIpc) is 3.60. The van der Waals surface area contributed by atoms with E-state index in [-0.39, 0.29) is 0 Å². The van der Waals surface area contributed by atoms with Gasteiger partial charge in [0, 0.05) is 27.5 Å². The van der Waals surface area contributed by atoms with E-state index in [2.05, 4.69) is 152 Å². The molecule has 0 unspecified atom stereocenters. The molecule has 0 saturated heterocycles. The Balaban J connectivity index is 1.37. The zero-order valence-electron chi connectivity index (χ0n) is 27.6. The van der Waals surface area contributed by atoms with Crippen LogP contribution in [0.2, 0.25) is 0 Å². The first-order valence-corrected chi connectivity index (χ1v) is 17.2. The van der Waals surface area contributed by atoms with Crippen molar-refractivity contribution in [2.75, 3.05) is 0 Å². The summed E-state index contributed by atoms with van der Waals surface area (Å²) in [5, 5.41) is 19.9. The molecule has 2 heteroatoms. The van der Waals surface area contributed by atoms with Crippen LogP contribution in [0.4, 0.5) is 0 Å². The van der Waals surface area contributed by atoms with Crippen LogP contribution in [0.5, 0.6) is 0 Å². The smallest absolute Gasteiger partial charge is 0.143 e. The summed E-state index contributed by atoms with van der Waals surface area (Å²) in [5.41, 5.74) is 10.8. The first-order valence-electron chi connectivity index (χ1n) is 17.2. The lowest BCUT2D eigenvalue weighted by Gasteiger charge is -2.21. The van der Waals surface area contributed by atoms with Gasteiger partial charge in [-0.05, 0) is 84.4 Å². The van der Waals surface area contributed by atoms with E-state index < -0.39 is 0 Å². The minimum absolute atomic E-state index is 0.642. The molecule has 9 aromatic carbocycles. The van der Waals surface area contributed by atoms with Crippen molar-refractivity contribution >= 4 is 54.3 Å². The molecule has 0 atom stereocenters. The van der Waals surface area contributed by atoms with Crippen LogP contribution in [0.3, 0.4) is 0 Å². The number of hydrogen-bond donors (Lipinski definition) is 0. The summed E-state index contributed by atoms with van der Waals surface area (Å²) in [4.78, 5) is 0. The minimum atomic E-state index is 0.642. The van der Waals surface area contributed by atoms with E-state index in [0.717, 1.165) is 88.0 Å². The third-order valence-electron chi connectivity index (χ3n) is 10.3. The SMILES string of the molecule is N#Cc1cc(-c2ccccc2)cc(-c2ccccc2)c1-c1c2ccccc2c(-c2cc3ccccc3c3c2oc2ccccc23)c2ccccc12. The summed E-state index contributed by atoms with van der Waals surface area (Å²) in [7, 11) is 0. The van der Waals surface area contributed by atoms with Crippen LogP contribution in [0.1, 0.15) is 5.56 Å². The second kappa shape index (κ2) is 11.6. The van der Waals surface area contributed by atoms with E-state index >= 15 is 0 Å². The molecule has 51 heavy (non-hydrogen) atoms. The molecule has 0 radical (unpaired) electrons. The fourth-order valence-electron chi connectivity index (χ4n) is 8.09. The van der Waals surface area contributed by atoms with Crippen LogP contribution < -0.4 is 0 Å². The van der Waals surface area contributed by atoms with Crippen LogP contribution in [0, 0.1) is 11.3 Å². The van der Waals surface area contributed by atoms with Crippen molar-refractivity contribution in [3.05, 3.63) is 181 Å². The zero-order valence-corrected chi connectivity index (χ0v) is 27.6. The van der Waals surface area contributed by atoms with E-state index in [0.29, 0.717) is 5.56 Å². The highest BCUT2D eigenvalue weighted by atomic mass is 16.3. The van der Waals surface area contributed by atoms with Crippen molar-refractivity contribution in [1.82, 2.24) is 0 Å². The van der Waals surface area contributed by atoms with Crippen molar-refractivity contribution in [2.45, 2.75) is 0 Å². The fourth-order valence-corrected chi connectivity index (χ4v) is 8.09. The summed E-state index contributed by atoms with van der Waals surface area (Å²) in [6, 6.07) is 64.2. The number of nitriles is 1. The largest absolute Gasteiger partial charge is 0.455 e. The molecule has 0 amide bonds. The Bertz CT molecular complexity index is 2960. The lowest BCUT2D eigenvalue weighted by atomic mass is 9.81. The van der Waals surface area contributed by atoms with E-state index in [1.54, 1.807) is 0 Å². The van der Waals surface area contributed by atoms with Crippen molar-refractivity contribution in [2.24, 2.45) is 0 Å². The van der Waals surface area contributed by atoms with Crippen molar-refractivity contribution < 1.29 is 4.42 Å². The Morgan fingerprint density at radius 3 is 1.57 bits per heavy atom. The zero-order chi connectivity index (χ0) is 33.9. The van der Waals surface area contributed by atoms with Crippen LogP contribution in [-0.2, 0) is 0 Å². The third kappa shape index (κ3) is 4.49. The maximum absolute atomic E-state index is 10.9. The van der Waals surface area contributed by atoms with Gasteiger partial charge >= 0.3 is 0 Å². The number of nitrogens with zero attached hydrogens (tertiary/aromatic N) is 1. The van der Waals surface area contributed by atoms with E-state index in [9.17, 15) is 5.26 Å². The van der Waals surface area contributed by atoms with Gasteiger partial charge in [0.25, 0.3) is 0 Å². The van der Waals surface area contributed by atoms with E-state index in [4.69, 9.17) is 4.42 Å². The second-order valence-corrected chi connectivity index (χ2v) is 13.1. The molecule has 236 valence electrons. The molecule has 0 N–H and O–H groups in total. The van der Waals surface area contributed by atoms with Gasteiger partial charge in [-0.1, -0.05) is 152 Å². The highest BCUT2D eigenvalue weighted by Gasteiger charge is 2.25. The molecule has 10 aromatic rings. The Labute approximate surface area is 295 Å². The van der Waals surface area contributed by atoms with Crippen LogP contribution in [-0.4, -0.2) is 0 Å². The molecular weight excluding hydrogens is 619 g/mol. The summed E-state index contributed by atoms with van der Waals surface area (Å²) in [6.07, 6.45) is 0. The normalized spacial score (nSPS) is 11.5. The maximum Gasteiger partial charge on any atom is 0.143 e. The van der Waals surface area contributed by atoms with Gasteiger partial charge < -0.3 is 4.42 Å². The minimum Gasteiger partial charge on any atom is -0.455 e. The number of hydrogen-bond acceptors (Lipinski definition) is 2. The van der Waals surface area contributed by atoms with Crippen molar-refractivity contribution in [1.29, 1.82) is 5.26 Å². The molecule has 0 spiro atoms. The standard InChI is InChI=1S/C49H29NO/c50-30-35-27-34(31-15-3-1-4-16-31)29-42(32-17-5-2-6-18-32)45(35)47-39-23-11-9-21-37(39)46(38-22-10-12-24-40(38)47)43-28-33-19-7-8-20-36(33)48-41-25-13-14-26-44(41)51-49(43)48/h1-29H. The van der Waals surface area contributed by atoms with E-state index in [1.807, 2.05) is 30.3 Å². The molecule has 1 heterocycles. The number of furan rings is 1. The van der Waals surface area contributed by atoms with Gasteiger partial charge in [-0.25, -0.2) is 0 Å². The quantitative estimate of drug-likeness (QED) is 0.178. The Morgan fingerprint density at radius 2 is 0.922 bits per heavy atom. The summed E-state index contributed by atoms with van der Waals surface area (Å²) in [6.45, 7) is 0. The number of para-hydroxylation sites is 1. The van der Waals surface area contributed by atoms with Crippen LogP contribution in [0.25, 0.3) is 98.8 Å². The Kier molecular flexibility index (Phi) is 6.59. The lowest BCUT2D eigenvalue weighted by molar-refractivity contribution is 0.670. The highest BCUT2D eigenvalue weighted by molar-refractivity contribution is 6.28. The van der Waals surface area contributed by atoms with Gasteiger partial charge in [0.1, 0.15) is 11.2 Å². The monoisotopic (exact) mass is 647 g/mol. The molecule has 2 nitrogen and oxygen atoms in total. The summed E-state index contributed by atoms with van der Waals surface area (Å²) in [5.74, 6) is 0. The number of fused-ring (bicyclic) bond motifs is 7. The van der Waals surface area contributed by atoms with Crippen LogP contribution >= 0.6 is 0 Å². The first kappa shape index (κ1) is 29.0. The predicted molar refractivity (Wildman–Crippen MR) is 213 cm³/mol. The Morgan fingerprint density at radius 1 is 0.392 bits per heavy atom. The van der Waals surface area contributed by atoms with Gasteiger partial charge in [-0.2, -0.15) is 5.26 Å². The molecule has 10 rings (SSSR count). The van der Waals surface area contributed by atoms with Crippen molar-refractivity contribution in [3.63, 3.8) is 0 Å². The van der Waals surface area contributed by atoms with Gasteiger partial charge in [-0.15, -0.1) is 0 Å². The molecule has 0 saturated carbocycles. The summed E-state index contributed by atoms with van der Waals surface area (Å²) >= 11 is 0. The molecule has 0 bridgehead atoms. The lowest BCUT2D eigenvalue weighted by Crippen LogP contribution is -1.97. The first-order chi connectivity index (χ1) is 25.3. The molecule has 0 aliphatic heterocycles. The van der Waals surface area contributed by atoms with Gasteiger partial charge in [0.2, 0.25) is 0 Å². The molecule has 1 aromatic heterocycles. The fraction of sp³-hybridized carbons (Fsp3) is 0. The Hall–Kier alpha value is -6.95. The molecule has 0 aliphatic carbocycles. The topological polar surface area (TPSA) is 36.9 Å².